The summed E-state index contributed by atoms with van der Waals surface area (Å²) >= 11 is 0. The lowest BCUT2D eigenvalue weighted by atomic mass is 9.97. The van der Waals surface area contributed by atoms with Crippen molar-refractivity contribution in [2.24, 2.45) is 0 Å². The molecule has 1 aromatic carbocycles. The Morgan fingerprint density at radius 3 is 2.73 bits per heavy atom. The van der Waals surface area contributed by atoms with Gasteiger partial charge in [-0.1, -0.05) is 24.3 Å². The zero-order valence-electron chi connectivity index (χ0n) is 9.10. The predicted molar refractivity (Wildman–Crippen MR) is 56.6 cm³/mol. The third-order valence-electron chi connectivity index (χ3n) is 2.74. The number of benzene rings is 1. The van der Waals surface area contributed by atoms with E-state index in [2.05, 4.69) is 18.2 Å². The molecule has 0 saturated heterocycles. The van der Waals surface area contributed by atoms with Crippen molar-refractivity contribution in [2.75, 3.05) is 20.8 Å². The smallest absolute Gasteiger partial charge is 0.187 e. The van der Waals surface area contributed by atoms with Gasteiger partial charge in [0.15, 0.2) is 6.29 Å². The second-order valence-corrected chi connectivity index (χ2v) is 3.58. The summed E-state index contributed by atoms with van der Waals surface area (Å²) in [5, 5.41) is 0. The van der Waals surface area contributed by atoms with E-state index in [1.807, 2.05) is 6.07 Å². The molecule has 3 heteroatoms. The minimum absolute atomic E-state index is 0.107. The molecule has 1 atom stereocenters. The molecular weight excluding hydrogens is 192 g/mol. The van der Waals surface area contributed by atoms with E-state index in [-0.39, 0.29) is 12.4 Å². The zero-order valence-corrected chi connectivity index (χ0v) is 9.10. The van der Waals surface area contributed by atoms with E-state index in [0.29, 0.717) is 0 Å². The van der Waals surface area contributed by atoms with E-state index < -0.39 is 0 Å². The number of ether oxygens (including phenoxy) is 3. The Bertz CT molecular complexity index is 320. The molecule has 0 amide bonds. The number of methoxy groups -OCH3 is 2. The van der Waals surface area contributed by atoms with Crippen LogP contribution >= 0.6 is 0 Å². The van der Waals surface area contributed by atoms with Gasteiger partial charge in [0.2, 0.25) is 0 Å². The molecule has 15 heavy (non-hydrogen) atoms. The predicted octanol–water partition coefficient (Wildman–Crippen LogP) is 1.92. The Morgan fingerprint density at radius 1 is 1.27 bits per heavy atom. The van der Waals surface area contributed by atoms with Crippen LogP contribution in [0, 0.1) is 0 Å². The molecule has 0 spiro atoms. The lowest BCUT2D eigenvalue weighted by molar-refractivity contribution is -0.186. The number of fused-ring (bicyclic) bond motifs is 1. The topological polar surface area (TPSA) is 27.7 Å². The first-order valence-corrected chi connectivity index (χ1v) is 5.12. The van der Waals surface area contributed by atoms with Crippen LogP contribution in [-0.4, -0.2) is 27.1 Å². The van der Waals surface area contributed by atoms with Crippen LogP contribution in [0.5, 0.6) is 0 Å². The molecule has 3 nitrogen and oxygen atoms in total. The maximum absolute atomic E-state index is 5.70. The summed E-state index contributed by atoms with van der Waals surface area (Å²) in [7, 11) is 3.27. The molecular formula is C12H16O3. The first kappa shape index (κ1) is 10.6. The molecule has 0 saturated carbocycles. The summed E-state index contributed by atoms with van der Waals surface area (Å²) in [6.45, 7) is 0.727. The summed E-state index contributed by atoms with van der Waals surface area (Å²) in [4.78, 5) is 0. The summed E-state index contributed by atoms with van der Waals surface area (Å²) in [5.41, 5.74) is 2.50. The highest BCUT2D eigenvalue weighted by molar-refractivity contribution is 5.31. The third-order valence-corrected chi connectivity index (χ3v) is 2.74. The molecule has 1 heterocycles. The van der Waals surface area contributed by atoms with Crippen molar-refractivity contribution in [3.05, 3.63) is 35.4 Å². The Labute approximate surface area is 90.0 Å². The first-order chi connectivity index (χ1) is 7.36. The molecule has 0 N–H and O–H groups in total. The minimum atomic E-state index is -0.327. The van der Waals surface area contributed by atoms with Crippen molar-refractivity contribution in [3.63, 3.8) is 0 Å². The van der Waals surface area contributed by atoms with Crippen LogP contribution in [0.2, 0.25) is 0 Å². The van der Waals surface area contributed by atoms with Crippen molar-refractivity contribution in [1.29, 1.82) is 0 Å². The van der Waals surface area contributed by atoms with Crippen LogP contribution in [0.4, 0.5) is 0 Å². The van der Waals surface area contributed by atoms with Crippen LogP contribution in [0.25, 0.3) is 0 Å². The highest BCUT2D eigenvalue weighted by atomic mass is 16.7. The fourth-order valence-corrected chi connectivity index (χ4v) is 1.99. The Balaban J connectivity index is 2.28. The van der Waals surface area contributed by atoms with Crippen LogP contribution in [0.3, 0.4) is 0 Å². The number of hydrogen-bond donors (Lipinski definition) is 0. The Hall–Kier alpha value is -0.900. The van der Waals surface area contributed by atoms with Gasteiger partial charge in [0.05, 0.1) is 6.61 Å². The van der Waals surface area contributed by atoms with E-state index in [9.17, 15) is 0 Å². The zero-order chi connectivity index (χ0) is 10.7. The lowest BCUT2D eigenvalue weighted by Gasteiger charge is -2.30. The van der Waals surface area contributed by atoms with Gasteiger partial charge < -0.3 is 14.2 Å². The van der Waals surface area contributed by atoms with Gasteiger partial charge in [-0.05, 0) is 17.5 Å². The van der Waals surface area contributed by atoms with E-state index in [1.54, 1.807) is 14.2 Å². The monoisotopic (exact) mass is 208 g/mol. The molecule has 2 rings (SSSR count). The molecule has 0 aromatic heterocycles. The summed E-state index contributed by atoms with van der Waals surface area (Å²) < 4.78 is 16.2. The average molecular weight is 208 g/mol. The van der Waals surface area contributed by atoms with Crippen molar-refractivity contribution in [3.8, 4) is 0 Å². The van der Waals surface area contributed by atoms with Gasteiger partial charge in [-0.15, -0.1) is 0 Å². The van der Waals surface area contributed by atoms with E-state index in [0.717, 1.165) is 13.0 Å². The van der Waals surface area contributed by atoms with Crippen LogP contribution < -0.4 is 0 Å². The van der Waals surface area contributed by atoms with Gasteiger partial charge in [0.25, 0.3) is 0 Å². The Kier molecular flexibility index (Phi) is 3.36. The van der Waals surface area contributed by atoms with E-state index >= 15 is 0 Å². The third kappa shape index (κ3) is 2.04. The van der Waals surface area contributed by atoms with Crippen molar-refractivity contribution >= 4 is 0 Å². The van der Waals surface area contributed by atoms with Gasteiger partial charge in [-0.25, -0.2) is 0 Å². The minimum Gasteiger partial charge on any atom is -0.368 e. The standard InChI is InChI=1S/C12H16O3/c1-13-12(14-2)11-10-6-4-3-5-9(10)7-8-15-11/h3-6,11-12H,7-8H2,1-2H3. The molecule has 0 bridgehead atoms. The van der Waals surface area contributed by atoms with Crippen LogP contribution in [-0.2, 0) is 20.6 Å². The normalized spacial score (nSPS) is 20.3. The molecule has 1 aliphatic heterocycles. The summed E-state index contributed by atoms with van der Waals surface area (Å²) in [6, 6.07) is 8.27. The number of hydrogen-bond acceptors (Lipinski definition) is 3. The van der Waals surface area contributed by atoms with Gasteiger partial charge in [-0.3, -0.25) is 0 Å². The maximum atomic E-state index is 5.70. The fourth-order valence-electron chi connectivity index (χ4n) is 1.99. The summed E-state index contributed by atoms with van der Waals surface area (Å²) in [6.07, 6.45) is 0.531. The van der Waals surface area contributed by atoms with E-state index in [4.69, 9.17) is 14.2 Å². The SMILES string of the molecule is COC(OC)C1OCCc2ccccc21. The first-order valence-electron chi connectivity index (χ1n) is 5.12. The molecule has 1 unspecified atom stereocenters. The van der Waals surface area contributed by atoms with Crippen molar-refractivity contribution in [1.82, 2.24) is 0 Å². The largest absolute Gasteiger partial charge is 0.368 e. The molecule has 0 aliphatic carbocycles. The van der Waals surface area contributed by atoms with Crippen molar-refractivity contribution in [2.45, 2.75) is 18.8 Å². The maximum Gasteiger partial charge on any atom is 0.187 e. The fraction of sp³-hybridized carbons (Fsp3) is 0.500. The van der Waals surface area contributed by atoms with Gasteiger partial charge >= 0.3 is 0 Å². The Morgan fingerprint density at radius 2 is 2.00 bits per heavy atom. The van der Waals surface area contributed by atoms with Crippen LogP contribution in [0.1, 0.15) is 17.2 Å². The van der Waals surface area contributed by atoms with Gasteiger partial charge in [-0.2, -0.15) is 0 Å². The molecule has 1 aliphatic rings. The molecule has 0 radical (unpaired) electrons. The van der Waals surface area contributed by atoms with E-state index in [1.165, 1.54) is 11.1 Å². The van der Waals surface area contributed by atoms with Crippen LogP contribution in [0.15, 0.2) is 24.3 Å². The molecule has 1 aromatic rings. The number of rotatable bonds is 3. The molecule has 82 valence electrons. The second-order valence-electron chi connectivity index (χ2n) is 3.58. The van der Waals surface area contributed by atoms with Crippen molar-refractivity contribution < 1.29 is 14.2 Å². The van der Waals surface area contributed by atoms with Gasteiger partial charge in [0, 0.05) is 14.2 Å². The van der Waals surface area contributed by atoms with Gasteiger partial charge in [0.1, 0.15) is 6.10 Å². The quantitative estimate of drug-likeness (QED) is 0.710. The summed E-state index contributed by atoms with van der Waals surface area (Å²) in [5.74, 6) is 0. The second kappa shape index (κ2) is 4.75. The molecule has 0 fully saturated rings. The highest BCUT2D eigenvalue weighted by Gasteiger charge is 2.28. The highest BCUT2D eigenvalue weighted by Crippen LogP contribution is 2.30. The lowest BCUT2D eigenvalue weighted by Crippen LogP contribution is -2.29. The average Bonchev–Trinajstić information content (AvgIpc) is 2.31.